The molecule has 0 saturated carbocycles. The third kappa shape index (κ3) is 6.66. The minimum absolute atomic E-state index is 0.397. The van der Waals surface area contributed by atoms with E-state index >= 15 is 0 Å². The van der Waals surface area contributed by atoms with E-state index in [1.54, 1.807) is 13.0 Å². The van der Waals surface area contributed by atoms with Crippen molar-refractivity contribution in [2.45, 2.75) is 40.2 Å². The number of nitrogens with one attached hydrogen (secondary N) is 1. The molecule has 1 atom stereocenters. The highest BCUT2D eigenvalue weighted by Crippen LogP contribution is 2.03. The molecule has 0 spiro atoms. The predicted molar refractivity (Wildman–Crippen MR) is 58.3 cm³/mol. The van der Waals surface area contributed by atoms with E-state index in [4.69, 9.17) is 5.11 Å². The molecule has 0 aromatic heterocycles. The predicted octanol–water partition coefficient (Wildman–Crippen LogP) is 2.04. The molecule has 0 radical (unpaired) electrons. The van der Waals surface area contributed by atoms with E-state index in [-0.39, 0.29) is 0 Å². The van der Waals surface area contributed by atoms with Crippen LogP contribution in [0.1, 0.15) is 34.1 Å². The van der Waals surface area contributed by atoms with Gasteiger partial charge in [-0.05, 0) is 26.2 Å². The zero-order chi connectivity index (χ0) is 11.1. The van der Waals surface area contributed by atoms with E-state index in [0.717, 1.165) is 6.42 Å². The first-order chi connectivity index (χ1) is 6.43. The summed E-state index contributed by atoms with van der Waals surface area (Å²) < 4.78 is 0. The fourth-order valence-corrected chi connectivity index (χ4v) is 1.29. The minimum atomic E-state index is -0.844. The SMILES string of the molecule is C/C(=C/CNC(C)CC(C)C)C(=O)O. The number of carboxylic acids is 1. The second kappa shape index (κ2) is 6.60. The molecule has 0 bridgehead atoms. The highest BCUT2D eigenvalue weighted by Gasteiger charge is 2.03. The smallest absolute Gasteiger partial charge is 0.330 e. The van der Waals surface area contributed by atoms with E-state index < -0.39 is 5.97 Å². The lowest BCUT2D eigenvalue weighted by molar-refractivity contribution is -0.132. The van der Waals surface area contributed by atoms with Crippen LogP contribution in [-0.2, 0) is 4.79 Å². The molecule has 2 N–H and O–H groups in total. The number of rotatable bonds is 6. The van der Waals surface area contributed by atoms with Gasteiger partial charge in [0, 0.05) is 18.2 Å². The molecule has 1 unspecified atom stereocenters. The van der Waals surface area contributed by atoms with Gasteiger partial charge in [0.2, 0.25) is 0 Å². The van der Waals surface area contributed by atoms with Crippen molar-refractivity contribution in [1.29, 1.82) is 0 Å². The summed E-state index contributed by atoms with van der Waals surface area (Å²) in [6.07, 6.45) is 2.82. The lowest BCUT2D eigenvalue weighted by Gasteiger charge is -2.14. The highest BCUT2D eigenvalue weighted by molar-refractivity contribution is 5.85. The second-order valence-corrected chi connectivity index (χ2v) is 4.13. The Morgan fingerprint density at radius 2 is 2.00 bits per heavy atom. The molecular weight excluding hydrogens is 178 g/mol. The van der Waals surface area contributed by atoms with Gasteiger partial charge in [0.15, 0.2) is 0 Å². The first-order valence-corrected chi connectivity index (χ1v) is 5.07. The van der Waals surface area contributed by atoms with Crippen molar-refractivity contribution in [3.63, 3.8) is 0 Å². The van der Waals surface area contributed by atoms with E-state index in [1.807, 2.05) is 0 Å². The fourth-order valence-electron chi connectivity index (χ4n) is 1.29. The zero-order valence-electron chi connectivity index (χ0n) is 9.50. The van der Waals surface area contributed by atoms with Gasteiger partial charge in [-0.2, -0.15) is 0 Å². The summed E-state index contributed by atoms with van der Waals surface area (Å²) in [6.45, 7) is 8.71. The average Bonchev–Trinajstić information content (AvgIpc) is 2.02. The number of hydrogen-bond acceptors (Lipinski definition) is 2. The van der Waals surface area contributed by atoms with Crippen LogP contribution in [0.25, 0.3) is 0 Å². The maximum Gasteiger partial charge on any atom is 0.330 e. The number of carbonyl (C=O) groups is 1. The number of carboxylic acid groups (broad SMARTS) is 1. The first kappa shape index (κ1) is 13.2. The van der Waals surface area contributed by atoms with Crippen molar-refractivity contribution in [2.75, 3.05) is 6.54 Å². The van der Waals surface area contributed by atoms with Gasteiger partial charge in [-0.3, -0.25) is 0 Å². The van der Waals surface area contributed by atoms with E-state index in [0.29, 0.717) is 24.1 Å². The third-order valence-corrected chi connectivity index (χ3v) is 2.04. The normalized spacial score (nSPS) is 14.5. The monoisotopic (exact) mass is 199 g/mol. The van der Waals surface area contributed by atoms with Crippen LogP contribution in [0, 0.1) is 5.92 Å². The van der Waals surface area contributed by atoms with Crippen LogP contribution in [0.3, 0.4) is 0 Å². The zero-order valence-corrected chi connectivity index (χ0v) is 9.50. The topological polar surface area (TPSA) is 49.3 Å². The van der Waals surface area contributed by atoms with Crippen molar-refractivity contribution >= 4 is 5.97 Å². The molecule has 0 rings (SSSR count). The summed E-state index contributed by atoms with van der Waals surface area (Å²) in [7, 11) is 0. The molecule has 0 heterocycles. The largest absolute Gasteiger partial charge is 0.478 e. The van der Waals surface area contributed by atoms with E-state index in [2.05, 4.69) is 26.1 Å². The molecule has 0 aliphatic carbocycles. The summed E-state index contributed by atoms with van der Waals surface area (Å²) in [5.74, 6) is -0.176. The Balaban J connectivity index is 3.73. The van der Waals surface area contributed by atoms with Gasteiger partial charge >= 0.3 is 5.97 Å². The van der Waals surface area contributed by atoms with Gasteiger partial charge < -0.3 is 10.4 Å². The van der Waals surface area contributed by atoms with Crippen molar-refractivity contribution in [3.05, 3.63) is 11.6 Å². The van der Waals surface area contributed by atoms with Gasteiger partial charge in [0.25, 0.3) is 0 Å². The van der Waals surface area contributed by atoms with Crippen molar-refractivity contribution in [1.82, 2.24) is 5.32 Å². The van der Waals surface area contributed by atoms with Crippen LogP contribution in [0.5, 0.6) is 0 Å². The average molecular weight is 199 g/mol. The molecule has 3 heteroatoms. The van der Waals surface area contributed by atoms with Crippen LogP contribution in [0.15, 0.2) is 11.6 Å². The van der Waals surface area contributed by atoms with Crippen LogP contribution < -0.4 is 5.32 Å². The molecular formula is C11H21NO2. The Morgan fingerprint density at radius 1 is 1.43 bits per heavy atom. The second-order valence-electron chi connectivity index (χ2n) is 4.13. The molecule has 0 aromatic carbocycles. The third-order valence-electron chi connectivity index (χ3n) is 2.04. The summed E-state index contributed by atoms with van der Waals surface area (Å²) in [5.41, 5.74) is 0.397. The summed E-state index contributed by atoms with van der Waals surface area (Å²) in [6, 6.07) is 0.438. The summed E-state index contributed by atoms with van der Waals surface area (Å²) in [4.78, 5) is 10.5. The Morgan fingerprint density at radius 3 is 2.43 bits per heavy atom. The number of aliphatic carboxylic acids is 1. The minimum Gasteiger partial charge on any atom is -0.478 e. The lowest BCUT2D eigenvalue weighted by Crippen LogP contribution is -2.27. The van der Waals surface area contributed by atoms with Crippen LogP contribution in [-0.4, -0.2) is 23.7 Å². The number of hydrogen-bond donors (Lipinski definition) is 2. The molecule has 0 aliphatic rings. The van der Waals surface area contributed by atoms with E-state index in [9.17, 15) is 4.79 Å². The summed E-state index contributed by atoms with van der Waals surface area (Å²) >= 11 is 0. The Hall–Kier alpha value is -0.830. The van der Waals surface area contributed by atoms with Gasteiger partial charge in [0.1, 0.15) is 0 Å². The molecule has 0 aliphatic heterocycles. The van der Waals surface area contributed by atoms with Crippen molar-refractivity contribution in [2.24, 2.45) is 5.92 Å². The van der Waals surface area contributed by atoms with Crippen LogP contribution in [0.4, 0.5) is 0 Å². The Bertz CT molecular complexity index is 209. The highest BCUT2D eigenvalue weighted by atomic mass is 16.4. The van der Waals surface area contributed by atoms with Gasteiger partial charge in [-0.15, -0.1) is 0 Å². The maximum absolute atomic E-state index is 10.5. The van der Waals surface area contributed by atoms with Gasteiger partial charge in [0.05, 0.1) is 0 Å². The quantitative estimate of drug-likeness (QED) is 0.644. The first-order valence-electron chi connectivity index (χ1n) is 5.07. The molecule has 0 saturated heterocycles. The van der Waals surface area contributed by atoms with Gasteiger partial charge in [-0.25, -0.2) is 4.79 Å². The van der Waals surface area contributed by atoms with Crippen LogP contribution in [0.2, 0.25) is 0 Å². The lowest BCUT2D eigenvalue weighted by atomic mass is 10.1. The molecule has 3 nitrogen and oxygen atoms in total. The van der Waals surface area contributed by atoms with Crippen molar-refractivity contribution in [3.8, 4) is 0 Å². The van der Waals surface area contributed by atoms with Crippen LogP contribution >= 0.6 is 0 Å². The molecule has 0 aromatic rings. The molecule has 0 amide bonds. The van der Waals surface area contributed by atoms with Crippen molar-refractivity contribution < 1.29 is 9.90 Å². The molecule has 82 valence electrons. The Labute approximate surface area is 86.2 Å². The standard InChI is InChI=1S/C11H21NO2/c1-8(2)7-10(4)12-6-5-9(3)11(13)14/h5,8,10,12H,6-7H2,1-4H3,(H,13,14)/b9-5-. The Kier molecular flexibility index (Phi) is 6.21. The fraction of sp³-hybridized carbons (Fsp3) is 0.727. The van der Waals surface area contributed by atoms with Gasteiger partial charge in [-0.1, -0.05) is 19.9 Å². The maximum atomic E-state index is 10.5. The van der Waals surface area contributed by atoms with E-state index in [1.165, 1.54) is 0 Å². The summed E-state index contributed by atoms with van der Waals surface area (Å²) in [5, 5.41) is 11.9. The molecule has 14 heavy (non-hydrogen) atoms. The molecule has 0 fully saturated rings.